The van der Waals surface area contributed by atoms with Crippen molar-refractivity contribution in [1.29, 1.82) is 0 Å². The van der Waals surface area contributed by atoms with Crippen LogP contribution < -0.4 is 0 Å². The zero-order chi connectivity index (χ0) is 18.1. The fraction of sp³-hybridized carbons (Fsp3) is 0.650. The molecule has 140 valence electrons. The smallest absolute Gasteiger partial charge is 0.151 e. The molecule has 2 aliphatic rings. The third kappa shape index (κ3) is 3.39. The number of fused-ring (bicyclic) bond motifs is 2. The molecule has 0 bridgehead atoms. The van der Waals surface area contributed by atoms with Crippen molar-refractivity contribution in [1.82, 2.24) is 24.8 Å². The van der Waals surface area contributed by atoms with Crippen molar-refractivity contribution >= 4 is 11.6 Å². The maximum atomic E-state index is 6.41. The molecule has 2 aromatic rings. The SMILES string of the molecule is CCCCc1nc(Cl)c(CN2CCCC3(CCc4cnc(C)nc43)C2)[nH]1. The molecule has 1 fully saturated rings. The van der Waals surface area contributed by atoms with Crippen LogP contribution in [-0.2, 0) is 24.8 Å². The van der Waals surface area contributed by atoms with Gasteiger partial charge in [-0.25, -0.2) is 15.0 Å². The molecule has 0 radical (unpaired) electrons. The molecule has 4 rings (SSSR count). The zero-order valence-electron chi connectivity index (χ0n) is 15.8. The van der Waals surface area contributed by atoms with Crippen molar-refractivity contribution < 1.29 is 0 Å². The van der Waals surface area contributed by atoms with E-state index in [0.717, 1.165) is 56.2 Å². The first-order valence-corrected chi connectivity index (χ1v) is 10.3. The Morgan fingerprint density at radius 3 is 3.04 bits per heavy atom. The van der Waals surface area contributed by atoms with Gasteiger partial charge in [-0.05, 0) is 51.1 Å². The highest BCUT2D eigenvalue weighted by Crippen LogP contribution is 2.44. The van der Waals surface area contributed by atoms with Crippen LogP contribution in [0.1, 0.15) is 67.6 Å². The van der Waals surface area contributed by atoms with E-state index in [1.807, 2.05) is 13.1 Å². The fourth-order valence-electron chi connectivity index (χ4n) is 4.62. The van der Waals surface area contributed by atoms with Crippen LogP contribution in [0.2, 0.25) is 5.15 Å². The number of nitrogens with zero attached hydrogens (tertiary/aromatic N) is 4. The highest BCUT2D eigenvalue weighted by atomic mass is 35.5. The number of H-pyrrole nitrogens is 1. The van der Waals surface area contributed by atoms with Crippen LogP contribution in [0.4, 0.5) is 0 Å². The first-order valence-electron chi connectivity index (χ1n) is 9.88. The number of nitrogens with one attached hydrogen (secondary N) is 1. The highest BCUT2D eigenvalue weighted by molar-refractivity contribution is 6.30. The number of halogens is 1. The number of unbranched alkanes of at least 4 members (excludes halogenated alkanes) is 1. The maximum Gasteiger partial charge on any atom is 0.151 e. The molecule has 5 nitrogen and oxygen atoms in total. The quantitative estimate of drug-likeness (QED) is 0.861. The molecule has 3 heterocycles. The summed E-state index contributed by atoms with van der Waals surface area (Å²) in [5.41, 5.74) is 3.90. The van der Waals surface area contributed by atoms with Crippen LogP contribution in [0, 0.1) is 6.92 Å². The van der Waals surface area contributed by atoms with Gasteiger partial charge in [-0.15, -0.1) is 0 Å². The Morgan fingerprint density at radius 2 is 2.19 bits per heavy atom. The number of piperidine rings is 1. The molecule has 1 atom stereocenters. The van der Waals surface area contributed by atoms with E-state index in [0.29, 0.717) is 5.15 Å². The number of rotatable bonds is 5. The van der Waals surface area contributed by atoms with Gasteiger partial charge in [-0.2, -0.15) is 0 Å². The molecule has 1 unspecified atom stereocenters. The van der Waals surface area contributed by atoms with Crippen LogP contribution in [0.25, 0.3) is 0 Å². The van der Waals surface area contributed by atoms with Gasteiger partial charge >= 0.3 is 0 Å². The number of aromatic nitrogens is 4. The van der Waals surface area contributed by atoms with Crippen molar-refractivity contribution in [3.05, 3.63) is 40.0 Å². The molecule has 0 aromatic carbocycles. The van der Waals surface area contributed by atoms with Gasteiger partial charge in [0.1, 0.15) is 11.6 Å². The van der Waals surface area contributed by atoms with Gasteiger partial charge < -0.3 is 4.98 Å². The Morgan fingerprint density at radius 1 is 1.31 bits per heavy atom. The lowest BCUT2D eigenvalue weighted by Crippen LogP contribution is -2.45. The third-order valence-electron chi connectivity index (χ3n) is 5.94. The van der Waals surface area contributed by atoms with Crippen LogP contribution >= 0.6 is 11.6 Å². The molecular formula is C20H28ClN5. The standard InChI is InChI=1S/C20H28ClN5/c1-3-4-6-17-24-16(19(21)25-17)12-26-10-5-8-20(13-26)9-7-15-11-22-14(2)23-18(15)20/h11H,3-10,12-13H2,1-2H3,(H,24,25). The van der Waals surface area contributed by atoms with Crippen molar-refractivity contribution in [2.45, 2.75) is 70.8 Å². The van der Waals surface area contributed by atoms with Crippen LogP contribution in [-0.4, -0.2) is 37.9 Å². The number of aryl methyl sites for hydroxylation is 3. The molecule has 1 N–H and O–H groups in total. The van der Waals surface area contributed by atoms with Gasteiger partial charge in [0.2, 0.25) is 0 Å². The summed E-state index contributed by atoms with van der Waals surface area (Å²) in [5.74, 6) is 1.91. The lowest BCUT2D eigenvalue weighted by molar-refractivity contribution is 0.135. The van der Waals surface area contributed by atoms with Gasteiger partial charge in [0.05, 0.1) is 11.4 Å². The number of aromatic amines is 1. The minimum absolute atomic E-state index is 0.193. The van der Waals surface area contributed by atoms with Crippen molar-refractivity contribution in [3.8, 4) is 0 Å². The number of imidazole rings is 1. The molecule has 1 spiro atoms. The van der Waals surface area contributed by atoms with E-state index >= 15 is 0 Å². The van der Waals surface area contributed by atoms with E-state index in [1.54, 1.807) is 0 Å². The number of hydrogen-bond acceptors (Lipinski definition) is 4. The third-order valence-corrected chi connectivity index (χ3v) is 6.25. The summed E-state index contributed by atoms with van der Waals surface area (Å²) in [4.78, 5) is 19.7. The Balaban J connectivity index is 1.50. The topological polar surface area (TPSA) is 57.7 Å². The van der Waals surface area contributed by atoms with E-state index in [-0.39, 0.29) is 5.41 Å². The molecule has 0 amide bonds. The van der Waals surface area contributed by atoms with Crippen molar-refractivity contribution in [3.63, 3.8) is 0 Å². The second-order valence-electron chi connectivity index (χ2n) is 7.94. The molecule has 1 aliphatic carbocycles. The Hall–Kier alpha value is -1.46. The first-order chi connectivity index (χ1) is 12.6. The summed E-state index contributed by atoms with van der Waals surface area (Å²) in [6, 6.07) is 0. The molecule has 6 heteroatoms. The van der Waals surface area contributed by atoms with E-state index in [9.17, 15) is 0 Å². The summed E-state index contributed by atoms with van der Waals surface area (Å²) in [7, 11) is 0. The predicted molar refractivity (Wildman–Crippen MR) is 103 cm³/mol. The molecule has 1 aliphatic heterocycles. The van der Waals surface area contributed by atoms with Gasteiger partial charge in [0.25, 0.3) is 0 Å². The van der Waals surface area contributed by atoms with Crippen LogP contribution in [0.3, 0.4) is 0 Å². The highest BCUT2D eigenvalue weighted by Gasteiger charge is 2.43. The minimum atomic E-state index is 0.193. The second-order valence-corrected chi connectivity index (χ2v) is 8.30. The maximum absolute atomic E-state index is 6.41. The summed E-state index contributed by atoms with van der Waals surface area (Å²) in [6.45, 7) is 7.20. The lowest BCUT2D eigenvalue weighted by Gasteiger charge is -2.40. The molecule has 1 saturated heterocycles. The molecule has 0 saturated carbocycles. The zero-order valence-corrected chi connectivity index (χ0v) is 16.6. The van der Waals surface area contributed by atoms with Crippen molar-refractivity contribution in [2.75, 3.05) is 13.1 Å². The second kappa shape index (κ2) is 7.28. The Labute approximate surface area is 160 Å². The summed E-state index contributed by atoms with van der Waals surface area (Å²) < 4.78 is 0. The molecule has 26 heavy (non-hydrogen) atoms. The summed E-state index contributed by atoms with van der Waals surface area (Å²) in [5, 5.41) is 0.640. The molecular weight excluding hydrogens is 346 g/mol. The van der Waals surface area contributed by atoms with E-state index in [1.165, 1.54) is 36.9 Å². The van der Waals surface area contributed by atoms with Gasteiger partial charge in [-0.3, -0.25) is 4.90 Å². The van der Waals surface area contributed by atoms with E-state index < -0.39 is 0 Å². The monoisotopic (exact) mass is 373 g/mol. The molecule has 2 aromatic heterocycles. The fourth-order valence-corrected chi connectivity index (χ4v) is 4.83. The number of hydrogen-bond donors (Lipinski definition) is 1. The van der Waals surface area contributed by atoms with Crippen LogP contribution in [0.5, 0.6) is 0 Å². The number of likely N-dealkylation sites (tertiary alicyclic amines) is 1. The lowest BCUT2D eigenvalue weighted by atomic mass is 9.77. The van der Waals surface area contributed by atoms with Gasteiger partial charge in [0.15, 0.2) is 5.15 Å². The largest absolute Gasteiger partial charge is 0.344 e. The average molecular weight is 374 g/mol. The van der Waals surface area contributed by atoms with E-state index in [4.69, 9.17) is 16.6 Å². The minimum Gasteiger partial charge on any atom is -0.344 e. The Bertz CT molecular complexity index is 783. The van der Waals surface area contributed by atoms with Gasteiger partial charge in [-0.1, -0.05) is 24.9 Å². The predicted octanol–water partition coefficient (Wildman–Crippen LogP) is 3.98. The normalized spacial score (nSPS) is 22.9. The first kappa shape index (κ1) is 17.9. The Kier molecular flexibility index (Phi) is 5.02. The van der Waals surface area contributed by atoms with Crippen LogP contribution in [0.15, 0.2) is 6.20 Å². The summed E-state index contributed by atoms with van der Waals surface area (Å²) >= 11 is 6.41. The van der Waals surface area contributed by atoms with E-state index in [2.05, 4.69) is 26.8 Å². The van der Waals surface area contributed by atoms with Gasteiger partial charge in [0, 0.05) is 31.1 Å². The average Bonchev–Trinajstić information content (AvgIpc) is 3.14. The summed E-state index contributed by atoms with van der Waals surface area (Å²) in [6.07, 6.45) is 10.1. The van der Waals surface area contributed by atoms with Crippen molar-refractivity contribution in [2.24, 2.45) is 0 Å².